The van der Waals surface area contributed by atoms with Crippen LogP contribution in [0, 0.1) is 5.92 Å². The van der Waals surface area contributed by atoms with Gasteiger partial charge in [0.25, 0.3) is 5.56 Å². The summed E-state index contributed by atoms with van der Waals surface area (Å²) in [6.07, 6.45) is 0.564. The number of hydrogen-bond acceptors (Lipinski definition) is 8. The maximum Gasteiger partial charge on any atom is 0.338 e. The number of ether oxygens (including phenoxy) is 1. The van der Waals surface area contributed by atoms with Gasteiger partial charge in [-0.3, -0.25) is 9.78 Å². The molecule has 3 rings (SSSR count). The number of rotatable bonds is 7. The third-order valence-electron chi connectivity index (χ3n) is 4.19. The Hall–Kier alpha value is -3.07. The normalized spacial score (nSPS) is 13.8. The van der Waals surface area contributed by atoms with Crippen LogP contribution in [0.25, 0.3) is 0 Å². The van der Waals surface area contributed by atoms with Gasteiger partial charge in [0.2, 0.25) is 5.95 Å². The summed E-state index contributed by atoms with van der Waals surface area (Å²) in [5.41, 5.74) is 6.14. The highest BCUT2D eigenvalue weighted by Gasteiger charge is 2.24. The molecule has 0 radical (unpaired) electrons. The Morgan fingerprint density at radius 2 is 2.15 bits per heavy atom. The fourth-order valence-electron chi connectivity index (χ4n) is 2.72. The molecule has 0 spiro atoms. The van der Waals surface area contributed by atoms with Gasteiger partial charge in [-0.25, -0.2) is 4.79 Å². The maximum absolute atomic E-state index is 12.0. The summed E-state index contributed by atoms with van der Waals surface area (Å²) >= 11 is 0. The first kappa shape index (κ1) is 17.7. The molecule has 1 aliphatic rings. The maximum atomic E-state index is 12.0. The van der Waals surface area contributed by atoms with Crippen molar-refractivity contribution in [3.63, 3.8) is 0 Å². The average molecular weight is 359 g/mol. The number of aliphatic hydroxyl groups is 1. The molecule has 2 heterocycles. The summed E-state index contributed by atoms with van der Waals surface area (Å²) in [6.45, 7) is 0.964. The summed E-state index contributed by atoms with van der Waals surface area (Å²) in [4.78, 5) is 32.3. The van der Waals surface area contributed by atoms with E-state index in [4.69, 9.17) is 10.5 Å². The molecule has 26 heavy (non-hydrogen) atoms. The Labute approximate surface area is 149 Å². The number of benzene rings is 1. The van der Waals surface area contributed by atoms with E-state index in [0.29, 0.717) is 36.7 Å². The quantitative estimate of drug-likeness (QED) is 0.522. The van der Waals surface area contributed by atoms with Crippen LogP contribution < -0.4 is 21.5 Å². The van der Waals surface area contributed by atoms with E-state index in [9.17, 15) is 14.7 Å². The minimum Gasteiger partial charge on any atom is -0.462 e. The highest BCUT2D eigenvalue weighted by atomic mass is 16.5. The summed E-state index contributed by atoms with van der Waals surface area (Å²) in [5, 5.41) is 12.5. The van der Waals surface area contributed by atoms with Gasteiger partial charge in [-0.15, -0.1) is 0 Å². The molecule has 138 valence electrons. The number of aromatic amines is 1. The second kappa shape index (κ2) is 7.87. The molecule has 9 heteroatoms. The summed E-state index contributed by atoms with van der Waals surface area (Å²) in [7, 11) is 0. The van der Waals surface area contributed by atoms with Crippen molar-refractivity contribution in [2.45, 2.75) is 6.42 Å². The molecule has 0 aliphatic carbocycles. The van der Waals surface area contributed by atoms with Crippen molar-refractivity contribution in [2.24, 2.45) is 5.92 Å². The van der Waals surface area contributed by atoms with E-state index < -0.39 is 5.97 Å². The third-order valence-corrected chi connectivity index (χ3v) is 4.19. The first-order valence-electron chi connectivity index (χ1n) is 8.30. The number of nitrogen functional groups attached to an aromatic ring is 1. The van der Waals surface area contributed by atoms with Crippen molar-refractivity contribution in [3.8, 4) is 0 Å². The van der Waals surface area contributed by atoms with Crippen LogP contribution in [-0.2, 0) is 4.74 Å². The number of H-pyrrole nitrogens is 1. The fourth-order valence-corrected chi connectivity index (χ4v) is 2.72. The lowest BCUT2D eigenvalue weighted by Crippen LogP contribution is -2.28. The number of fused-ring (bicyclic) bond motifs is 1. The number of nitrogens with two attached hydrogens (primary N) is 1. The topological polar surface area (TPSA) is 134 Å². The molecule has 0 amide bonds. The van der Waals surface area contributed by atoms with Crippen LogP contribution in [0.4, 0.5) is 17.5 Å². The average Bonchev–Trinajstić information content (AvgIpc) is 3.05. The fraction of sp³-hybridized carbons (Fsp3) is 0.353. The zero-order chi connectivity index (χ0) is 18.5. The molecule has 1 aromatic heterocycles. The number of anilines is 3. The van der Waals surface area contributed by atoms with E-state index in [-0.39, 0.29) is 30.6 Å². The molecule has 1 unspecified atom stereocenters. The highest BCUT2D eigenvalue weighted by molar-refractivity contribution is 5.89. The Balaban J connectivity index is 1.54. The molecular formula is C17H21N5O4. The predicted molar refractivity (Wildman–Crippen MR) is 97.0 cm³/mol. The Morgan fingerprint density at radius 3 is 2.88 bits per heavy atom. The van der Waals surface area contributed by atoms with Gasteiger partial charge in [-0.1, -0.05) is 18.2 Å². The number of carbonyl (C=O) groups is 1. The molecule has 9 nitrogen and oxygen atoms in total. The van der Waals surface area contributed by atoms with Crippen molar-refractivity contribution < 1.29 is 14.6 Å². The summed E-state index contributed by atoms with van der Waals surface area (Å²) in [6, 6.07) is 8.70. The second-order valence-electron chi connectivity index (χ2n) is 6.05. The van der Waals surface area contributed by atoms with E-state index in [1.807, 2.05) is 11.0 Å². The van der Waals surface area contributed by atoms with Crippen LogP contribution in [0.5, 0.6) is 0 Å². The Morgan fingerprint density at radius 1 is 1.38 bits per heavy atom. The lowest BCUT2D eigenvalue weighted by atomic mass is 10.1. The SMILES string of the molecule is Nc1nc2c(c(=O)[nH]1)NCN2CCC(CO)COC(=O)c1ccccc1. The standard InChI is InChI=1S/C17H21N5O4/c18-17-20-14-13(15(24)21-17)19-10-22(14)7-6-11(8-23)9-26-16(25)12-4-2-1-3-5-12/h1-5,11,19,23H,6-10H2,(H3,18,20,21,24). The molecule has 1 aromatic carbocycles. The van der Waals surface area contributed by atoms with Crippen molar-refractivity contribution >= 4 is 23.4 Å². The van der Waals surface area contributed by atoms with E-state index in [1.54, 1.807) is 24.3 Å². The lowest BCUT2D eigenvalue weighted by Gasteiger charge is -2.20. The van der Waals surface area contributed by atoms with Crippen LogP contribution in [0.1, 0.15) is 16.8 Å². The zero-order valence-corrected chi connectivity index (χ0v) is 14.1. The van der Waals surface area contributed by atoms with Crippen molar-refractivity contribution in [3.05, 3.63) is 46.2 Å². The lowest BCUT2D eigenvalue weighted by molar-refractivity contribution is 0.0380. The van der Waals surface area contributed by atoms with Gasteiger partial charge in [-0.2, -0.15) is 4.98 Å². The van der Waals surface area contributed by atoms with Gasteiger partial charge >= 0.3 is 5.97 Å². The van der Waals surface area contributed by atoms with E-state index >= 15 is 0 Å². The monoisotopic (exact) mass is 359 g/mol. The largest absolute Gasteiger partial charge is 0.462 e. The smallest absolute Gasteiger partial charge is 0.338 e. The molecule has 1 atom stereocenters. The van der Waals surface area contributed by atoms with E-state index in [1.165, 1.54) is 0 Å². The van der Waals surface area contributed by atoms with Crippen LogP contribution in [0.15, 0.2) is 35.1 Å². The second-order valence-corrected chi connectivity index (χ2v) is 6.05. The Bertz CT molecular complexity index is 824. The molecular weight excluding hydrogens is 338 g/mol. The van der Waals surface area contributed by atoms with Crippen molar-refractivity contribution in [1.29, 1.82) is 0 Å². The minimum atomic E-state index is -0.418. The summed E-state index contributed by atoms with van der Waals surface area (Å²) < 4.78 is 5.28. The van der Waals surface area contributed by atoms with Gasteiger partial charge in [0.15, 0.2) is 5.82 Å². The van der Waals surface area contributed by atoms with Crippen LogP contribution in [0.2, 0.25) is 0 Å². The van der Waals surface area contributed by atoms with Crippen LogP contribution >= 0.6 is 0 Å². The number of hydrogen-bond donors (Lipinski definition) is 4. The van der Waals surface area contributed by atoms with Gasteiger partial charge in [-0.05, 0) is 18.6 Å². The number of aliphatic hydroxyl groups excluding tert-OH is 1. The molecule has 2 aromatic rings. The predicted octanol–water partition coefficient (Wildman–Crippen LogP) is 0.397. The molecule has 0 fully saturated rings. The van der Waals surface area contributed by atoms with Crippen molar-refractivity contribution in [2.75, 3.05) is 42.4 Å². The highest BCUT2D eigenvalue weighted by Crippen LogP contribution is 2.26. The van der Waals surface area contributed by atoms with Gasteiger partial charge in [0.05, 0.1) is 18.8 Å². The van der Waals surface area contributed by atoms with Gasteiger partial charge in [0, 0.05) is 19.1 Å². The summed E-state index contributed by atoms with van der Waals surface area (Å²) in [5.74, 6) is -0.0913. The first-order chi connectivity index (χ1) is 12.6. The van der Waals surface area contributed by atoms with Crippen LogP contribution in [-0.4, -0.2) is 47.5 Å². The third kappa shape index (κ3) is 3.94. The van der Waals surface area contributed by atoms with Crippen molar-refractivity contribution in [1.82, 2.24) is 9.97 Å². The molecule has 1 aliphatic heterocycles. The number of nitrogens with one attached hydrogen (secondary N) is 2. The van der Waals surface area contributed by atoms with Gasteiger partial charge in [0.1, 0.15) is 5.69 Å². The Kier molecular flexibility index (Phi) is 5.37. The number of aromatic nitrogens is 2. The zero-order valence-electron chi connectivity index (χ0n) is 14.1. The van der Waals surface area contributed by atoms with E-state index in [0.717, 1.165) is 0 Å². The number of esters is 1. The number of carbonyl (C=O) groups excluding carboxylic acids is 1. The molecule has 0 saturated carbocycles. The first-order valence-corrected chi connectivity index (χ1v) is 8.30. The van der Waals surface area contributed by atoms with E-state index in [2.05, 4.69) is 15.3 Å². The molecule has 0 saturated heterocycles. The minimum absolute atomic E-state index is 0.0537. The number of nitrogens with zero attached hydrogens (tertiary/aromatic N) is 2. The van der Waals surface area contributed by atoms with Gasteiger partial charge < -0.3 is 25.8 Å². The van der Waals surface area contributed by atoms with Crippen LogP contribution in [0.3, 0.4) is 0 Å². The molecule has 0 bridgehead atoms. The molecule has 5 N–H and O–H groups in total.